The number of benzene rings is 1. The van der Waals surface area contributed by atoms with Gasteiger partial charge in [-0.05, 0) is 36.4 Å². The zero-order valence-corrected chi connectivity index (χ0v) is 18.7. The Balaban J connectivity index is 0.000000384. The van der Waals surface area contributed by atoms with Gasteiger partial charge in [-0.25, -0.2) is 19.4 Å². The van der Waals surface area contributed by atoms with E-state index in [9.17, 15) is 13.2 Å². The molecule has 188 valence electrons. The molecule has 0 aliphatic carbocycles. The fourth-order valence-corrected chi connectivity index (χ4v) is 3.28. The molecular weight excluding hydrogens is 481 g/mol. The second-order valence-corrected chi connectivity index (χ2v) is 7.45. The number of alkyl halides is 3. The van der Waals surface area contributed by atoms with Crippen molar-refractivity contribution in [2.45, 2.75) is 6.18 Å². The summed E-state index contributed by atoms with van der Waals surface area (Å²) in [5, 5.41) is 21.7. The zero-order valence-electron chi connectivity index (χ0n) is 18.7. The Morgan fingerprint density at radius 3 is 2.42 bits per heavy atom. The summed E-state index contributed by atoms with van der Waals surface area (Å²) in [7, 11) is 0. The lowest BCUT2D eigenvalue weighted by molar-refractivity contribution is -0.192. The van der Waals surface area contributed by atoms with Gasteiger partial charge in [-0.1, -0.05) is 0 Å². The van der Waals surface area contributed by atoms with E-state index in [0.29, 0.717) is 5.82 Å². The third-order valence-electron chi connectivity index (χ3n) is 5.01. The summed E-state index contributed by atoms with van der Waals surface area (Å²) >= 11 is 0. The van der Waals surface area contributed by atoms with E-state index in [1.54, 1.807) is 10.9 Å². The third-order valence-corrected chi connectivity index (χ3v) is 5.01. The number of aromatic nitrogens is 6. The van der Waals surface area contributed by atoms with Gasteiger partial charge in [0.1, 0.15) is 17.8 Å². The zero-order chi connectivity index (χ0) is 25.5. The number of aliphatic carboxylic acids is 1. The highest BCUT2D eigenvalue weighted by Crippen LogP contribution is 2.22. The highest BCUT2D eigenvalue weighted by Gasteiger charge is 2.38. The van der Waals surface area contributed by atoms with Gasteiger partial charge in [0.15, 0.2) is 5.82 Å². The number of carboxylic acid groups (broad SMARTS) is 1. The first-order valence-electron chi connectivity index (χ1n) is 10.7. The average molecular weight is 502 g/mol. The first-order chi connectivity index (χ1) is 17.3. The lowest BCUT2D eigenvalue weighted by Gasteiger charge is -2.28. The van der Waals surface area contributed by atoms with E-state index in [1.165, 1.54) is 12.0 Å². The molecule has 1 fully saturated rings. The number of ether oxygens (including phenoxy) is 1. The molecular formula is C22H21F3N8O3. The molecule has 36 heavy (non-hydrogen) atoms. The quantitative estimate of drug-likeness (QED) is 0.376. The number of aromatic amines is 1. The molecule has 1 aliphatic rings. The minimum Gasteiger partial charge on any atom is -0.475 e. The summed E-state index contributed by atoms with van der Waals surface area (Å²) in [6, 6.07) is 14.1. The van der Waals surface area contributed by atoms with Crippen molar-refractivity contribution in [3.05, 3.63) is 61.2 Å². The van der Waals surface area contributed by atoms with E-state index in [-0.39, 0.29) is 0 Å². The molecule has 1 aromatic carbocycles. The van der Waals surface area contributed by atoms with Gasteiger partial charge in [0.25, 0.3) is 0 Å². The van der Waals surface area contributed by atoms with Gasteiger partial charge >= 0.3 is 12.1 Å². The number of pyridine rings is 1. The van der Waals surface area contributed by atoms with Crippen molar-refractivity contribution >= 4 is 23.2 Å². The number of H-pyrrole nitrogens is 1. The SMILES string of the molecule is O=C(O)C(F)(F)F.c1cc(-n2ccc(-c3ncn[nH]3)n2)cc(Nc2ccc(N3CCOCC3)cc2)n1. The number of hydrogen-bond acceptors (Lipinski definition) is 8. The highest BCUT2D eigenvalue weighted by atomic mass is 19.4. The van der Waals surface area contributed by atoms with Gasteiger partial charge in [-0.2, -0.15) is 23.4 Å². The maximum absolute atomic E-state index is 10.6. The standard InChI is InChI=1S/C20H20N8O.C2HF3O2/c1-3-16(27-9-11-29-12-10-27)4-2-15(1)24-19-13-17(5-7-21-19)28-8-6-18(26-28)20-22-14-23-25-20;3-2(4,5)1(6)7/h1-8,13-14H,9-12H2,(H,21,24)(H,22,23,25);(H,6,7). The Bertz CT molecular complexity index is 1270. The van der Waals surface area contributed by atoms with Gasteiger partial charge in [0.2, 0.25) is 0 Å². The number of hydrogen-bond donors (Lipinski definition) is 3. The summed E-state index contributed by atoms with van der Waals surface area (Å²) in [4.78, 5) is 19.8. The Hall–Kier alpha value is -4.46. The van der Waals surface area contributed by atoms with Crippen LogP contribution in [-0.4, -0.2) is 73.5 Å². The summed E-state index contributed by atoms with van der Waals surface area (Å²) in [5.41, 5.74) is 3.82. The monoisotopic (exact) mass is 502 g/mol. The largest absolute Gasteiger partial charge is 0.490 e. The molecule has 1 saturated heterocycles. The predicted molar refractivity (Wildman–Crippen MR) is 123 cm³/mol. The molecule has 0 bridgehead atoms. The van der Waals surface area contributed by atoms with Gasteiger partial charge in [-0.3, -0.25) is 5.10 Å². The Labute approximate surface area is 202 Å². The molecule has 0 spiro atoms. The van der Waals surface area contributed by atoms with Crippen molar-refractivity contribution in [1.29, 1.82) is 0 Å². The summed E-state index contributed by atoms with van der Waals surface area (Å²) in [5.74, 6) is -1.37. The van der Waals surface area contributed by atoms with Crippen molar-refractivity contribution < 1.29 is 27.8 Å². The number of nitrogens with one attached hydrogen (secondary N) is 2. The van der Waals surface area contributed by atoms with Gasteiger partial charge in [-0.15, -0.1) is 0 Å². The molecule has 0 unspecified atom stereocenters. The van der Waals surface area contributed by atoms with Gasteiger partial charge in [0, 0.05) is 42.9 Å². The van der Waals surface area contributed by atoms with Crippen LogP contribution in [0.4, 0.5) is 30.4 Å². The molecule has 0 saturated carbocycles. The Kier molecular flexibility index (Phi) is 7.44. The van der Waals surface area contributed by atoms with E-state index in [2.05, 4.69) is 59.7 Å². The molecule has 1 aliphatic heterocycles. The first-order valence-corrected chi connectivity index (χ1v) is 10.7. The second-order valence-electron chi connectivity index (χ2n) is 7.45. The van der Waals surface area contributed by atoms with E-state index < -0.39 is 12.1 Å². The third kappa shape index (κ3) is 6.35. The van der Waals surface area contributed by atoms with Gasteiger partial charge in [0.05, 0.1) is 18.9 Å². The number of nitrogens with zero attached hydrogens (tertiary/aromatic N) is 6. The second kappa shape index (κ2) is 10.9. The molecule has 4 heterocycles. The van der Waals surface area contributed by atoms with Crippen LogP contribution < -0.4 is 10.2 Å². The number of morpholine rings is 1. The van der Waals surface area contributed by atoms with E-state index in [4.69, 9.17) is 14.6 Å². The molecule has 5 rings (SSSR count). The van der Waals surface area contributed by atoms with Gasteiger partial charge < -0.3 is 20.1 Å². The van der Waals surface area contributed by atoms with Crippen LogP contribution in [0.15, 0.2) is 61.2 Å². The molecule has 3 N–H and O–H groups in total. The minimum absolute atomic E-state index is 0.636. The van der Waals surface area contributed by atoms with Crippen LogP contribution in [-0.2, 0) is 9.53 Å². The Morgan fingerprint density at radius 1 is 1.06 bits per heavy atom. The smallest absolute Gasteiger partial charge is 0.475 e. The van der Waals surface area contributed by atoms with Crippen molar-refractivity contribution in [2.75, 3.05) is 36.5 Å². The molecule has 3 aromatic heterocycles. The number of rotatable bonds is 5. The Morgan fingerprint density at radius 2 is 1.78 bits per heavy atom. The number of halogens is 3. The molecule has 14 heteroatoms. The van der Waals surface area contributed by atoms with Crippen molar-refractivity contribution in [1.82, 2.24) is 29.9 Å². The number of carbonyl (C=O) groups is 1. The van der Waals surface area contributed by atoms with Crippen LogP contribution in [0.2, 0.25) is 0 Å². The van der Waals surface area contributed by atoms with E-state index in [1.807, 2.05) is 24.4 Å². The number of anilines is 3. The van der Waals surface area contributed by atoms with Crippen molar-refractivity contribution in [3.63, 3.8) is 0 Å². The summed E-state index contributed by atoms with van der Waals surface area (Å²) < 4.78 is 38.9. The van der Waals surface area contributed by atoms with E-state index >= 15 is 0 Å². The van der Waals surface area contributed by atoms with Crippen LogP contribution >= 0.6 is 0 Å². The highest BCUT2D eigenvalue weighted by molar-refractivity contribution is 5.73. The first kappa shape index (κ1) is 24.7. The van der Waals surface area contributed by atoms with Crippen LogP contribution in [0.1, 0.15) is 0 Å². The lowest BCUT2D eigenvalue weighted by Crippen LogP contribution is -2.36. The van der Waals surface area contributed by atoms with E-state index in [0.717, 1.165) is 49.2 Å². The van der Waals surface area contributed by atoms with Crippen LogP contribution in [0.3, 0.4) is 0 Å². The van der Waals surface area contributed by atoms with Crippen LogP contribution in [0, 0.1) is 0 Å². The minimum atomic E-state index is -5.08. The average Bonchev–Trinajstić information content (AvgIpc) is 3.58. The van der Waals surface area contributed by atoms with Crippen molar-refractivity contribution in [3.8, 4) is 17.2 Å². The van der Waals surface area contributed by atoms with Crippen LogP contribution in [0.5, 0.6) is 0 Å². The van der Waals surface area contributed by atoms with Crippen molar-refractivity contribution in [2.24, 2.45) is 0 Å². The normalized spacial score (nSPS) is 13.6. The molecule has 0 atom stereocenters. The fraction of sp³-hybridized carbons (Fsp3) is 0.227. The fourth-order valence-electron chi connectivity index (χ4n) is 3.28. The number of carboxylic acids is 1. The lowest BCUT2D eigenvalue weighted by atomic mass is 10.2. The molecule has 4 aromatic rings. The molecule has 11 nitrogen and oxygen atoms in total. The maximum atomic E-state index is 10.6. The molecule has 0 amide bonds. The maximum Gasteiger partial charge on any atom is 0.490 e. The summed E-state index contributed by atoms with van der Waals surface area (Å²) in [6.45, 7) is 3.41. The summed E-state index contributed by atoms with van der Waals surface area (Å²) in [6.07, 6.45) is 0.0246. The van der Waals surface area contributed by atoms with Crippen LogP contribution in [0.25, 0.3) is 17.2 Å². The molecule has 0 radical (unpaired) electrons. The predicted octanol–water partition coefficient (Wildman–Crippen LogP) is 3.27. The topological polar surface area (TPSA) is 134 Å².